The van der Waals surface area contributed by atoms with Crippen LogP contribution in [0.25, 0.3) is 22.9 Å². The number of pyridine rings is 1. The van der Waals surface area contributed by atoms with E-state index in [1.54, 1.807) is 6.20 Å². The van der Waals surface area contributed by atoms with Crippen LogP contribution in [0.5, 0.6) is 0 Å². The molecular formula is C19H15Cl2N. The van der Waals surface area contributed by atoms with Gasteiger partial charge in [-0.25, -0.2) is 4.98 Å². The van der Waals surface area contributed by atoms with Crippen LogP contribution in [0.3, 0.4) is 0 Å². The Morgan fingerprint density at radius 2 is 1.64 bits per heavy atom. The van der Waals surface area contributed by atoms with Gasteiger partial charge in [0.1, 0.15) is 5.15 Å². The Hall–Kier alpha value is -1.83. The first-order valence-corrected chi connectivity index (χ1v) is 7.79. The molecule has 0 unspecified atom stereocenters. The van der Waals surface area contributed by atoms with Gasteiger partial charge >= 0.3 is 0 Å². The Balaban J connectivity index is 2.12. The molecule has 0 aliphatic carbocycles. The van der Waals surface area contributed by atoms with E-state index in [1.165, 1.54) is 11.1 Å². The van der Waals surface area contributed by atoms with Gasteiger partial charge < -0.3 is 0 Å². The Kier molecular flexibility index (Phi) is 4.19. The average Bonchev–Trinajstić information content (AvgIpc) is 2.43. The van der Waals surface area contributed by atoms with E-state index in [-0.39, 0.29) is 0 Å². The summed E-state index contributed by atoms with van der Waals surface area (Å²) in [5, 5.41) is 3.10. The van der Waals surface area contributed by atoms with E-state index < -0.39 is 0 Å². The van der Waals surface area contributed by atoms with Gasteiger partial charge in [0.2, 0.25) is 0 Å². The maximum Gasteiger partial charge on any atom is 0.137 e. The van der Waals surface area contributed by atoms with Crippen LogP contribution >= 0.6 is 23.2 Å². The molecule has 0 aliphatic heterocycles. The van der Waals surface area contributed by atoms with Crippen LogP contribution in [0, 0.1) is 13.8 Å². The van der Waals surface area contributed by atoms with Gasteiger partial charge in [-0.1, -0.05) is 64.7 Å². The lowest BCUT2D eigenvalue weighted by Crippen LogP contribution is -1.84. The van der Waals surface area contributed by atoms with E-state index in [4.69, 9.17) is 23.2 Å². The predicted molar refractivity (Wildman–Crippen MR) is 96.6 cm³/mol. The molecule has 22 heavy (non-hydrogen) atoms. The number of fused-ring (bicyclic) bond motifs is 1. The molecule has 0 amide bonds. The highest BCUT2D eigenvalue weighted by Gasteiger charge is 2.06. The summed E-state index contributed by atoms with van der Waals surface area (Å²) >= 11 is 12.5. The van der Waals surface area contributed by atoms with E-state index in [9.17, 15) is 0 Å². The van der Waals surface area contributed by atoms with Gasteiger partial charge in [0.25, 0.3) is 0 Å². The summed E-state index contributed by atoms with van der Waals surface area (Å²) in [6.07, 6.45) is 5.81. The number of halogens is 2. The number of rotatable bonds is 2. The summed E-state index contributed by atoms with van der Waals surface area (Å²) in [4.78, 5) is 4.17. The molecule has 0 saturated carbocycles. The molecule has 1 nitrogen and oxygen atoms in total. The topological polar surface area (TPSA) is 12.9 Å². The van der Waals surface area contributed by atoms with Crippen molar-refractivity contribution in [3.8, 4) is 0 Å². The van der Waals surface area contributed by atoms with Crippen LogP contribution in [0.4, 0.5) is 0 Å². The fourth-order valence-electron chi connectivity index (χ4n) is 2.69. The summed E-state index contributed by atoms with van der Waals surface area (Å²) in [7, 11) is 0. The third kappa shape index (κ3) is 3.16. The van der Waals surface area contributed by atoms with Gasteiger partial charge in [0.15, 0.2) is 0 Å². The Labute approximate surface area is 140 Å². The summed E-state index contributed by atoms with van der Waals surface area (Å²) in [6, 6.07) is 12.2. The molecule has 0 saturated heterocycles. The third-order valence-corrected chi connectivity index (χ3v) is 4.02. The number of hydrogen-bond donors (Lipinski definition) is 0. The number of hydrogen-bond acceptors (Lipinski definition) is 1. The van der Waals surface area contributed by atoms with Crippen LogP contribution in [-0.4, -0.2) is 4.98 Å². The molecule has 1 aromatic heterocycles. The quantitative estimate of drug-likeness (QED) is 0.396. The van der Waals surface area contributed by atoms with Crippen molar-refractivity contribution in [3.63, 3.8) is 0 Å². The number of aromatic nitrogens is 1. The molecule has 0 N–H and O–H groups in total. The summed E-state index contributed by atoms with van der Waals surface area (Å²) < 4.78 is 0. The molecule has 3 aromatic rings. The van der Waals surface area contributed by atoms with E-state index in [0.717, 1.165) is 21.9 Å². The minimum atomic E-state index is 0.495. The van der Waals surface area contributed by atoms with E-state index in [2.05, 4.69) is 43.1 Å². The van der Waals surface area contributed by atoms with Crippen molar-refractivity contribution in [2.24, 2.45) is 0 Å². The molecule has 1 heterocycles. The summed E-state index contributed by atoms with van der Waals surface area (Å²) in [5.74, 6) is 0. The van der Waals surface area contributed by atoms with Gasteiger partial charge in [-0.2, -0.15) is 0 Å². The SMILES string of the molecule is Cc1cc(C)cc(/C=C/c2cc(Cl)cc3ccnc(Cl)c23)c1. The smallest absolute Gasteiger partial charge is 0.137 e. The third-order valence-electron chi connectivity index (χ3n) is 3.51. The van der Waals surface area contributed by atoms with E-state index in [1.807, 2.05) is 24.3 Å². The van der Waals surface area contributed by atoms with Gasteiger partial charge in [-0.05, 0) is 48.6 Å². The van der Waals surface area contributed by atoms with Gasteiger partial charge in [0, 0.05) is 16.6 Å². The van der Waals surface area contributed by atoms with Crippen LogP contribution in [0.1, 0.15) is 22.3 Å². The molecule has 0 radical (unpaired) electrons. The molecule has 0 fully saturated rings. The highest BCUT2D eigenvalue weighted by molar-refractivity contribution is 6.36. The zero-order valence-corrected chi connectivity index (χ0v) is 13.9. The zero-order chi connectivity index (χ0) is 15.7. The number of nitrogens with zero attached hydrogens (tertiary/aromatic N) is 1. The van der Waals surface area contributed by atoms with Crippen molar-refractivity contribution in [3.05, 3.63) is 75.0 Å². The first-order valence-electron chi connectivity index (χ1n) is 7.03. The van der Waals surface area contributed by atoms with Crippen molar-refractivity contribution >= 4 is 46.1 Å². The van der Waals surface area contributed by atoms with Gasteiger partial charge in [-0.3, -0.25) is 0 Å². The predicted octanol–water partition coefficient (Wildman–Crippen LogP) is 6.33. The average molecular weight is 328 g/mol. The maximum atomic E-state index is 6.26. The molecule has 0 atom stereocenters. The van der Waals surface area contributed by atoms with Crippen molar-refractivity contribution in [2.45, 2.75) is 13.8 Å². The monoisotopic (exact) mass is 327 g/mol. The molecule has 3 heteroatoms. The van der Waals surface area contributed by atoms with Crippen molar-refractivity contribution in [1.29, 1.82) is 0 Å². The van der Waals surface area contributed by atoms with Crippen molar-refractivity contribution in [1.82, 2.24) is 4.98 Å². The number of aryl methyl sites for hydroxylation is 2. The second-order valence-electron chi connectivity index (χ2n) is 5.45. The Bertz CT molecular complexity index is 862. The lowest BCUT2D eigenvalue weighted by Gasteiger charge is -2.06. The van der Waals surface area contributed by atoms with Gasteiger partial charge in [0.05, 0.1) is 0 Å². The first kappa shape index (κ1) is 15.1. The van der Waals surface area contributed by atoms with Crippen molar-refractivity contribution < 1.29 is 0 Å². The van der Waals surface area contributed by atoms with Crippen molar-refractivity contribution in [2.75, 3.05) is 0 Å². The Morgan fingerprint density at radius 3 is 2.36 bits per heavy atom. The molecule has 2 aromatic carbocycles. The Morgan fingerprint density at radius 1 is 0.909 bits per heavy atom. The normalized spacial score (nSPS) is 11.5. The second-order valence-corrected chi connectivity index (χ2v) is 6.24. The first-order chi connectivity index (χ1) is 10.5. The standard InChI is InChI=1S/C19H15Cl2N/c1-12-7-13(2)9-14(8-12)3-4-15-10-17(20)11-16-5-6-22-19(21)18(15)16/h3-11H,1-2H3/b4-3+. The molecular weight excluding hydrogens is 313 g/mol. The largest absolute Gasteiger partial charge is 0.244 e. The number of benzene rings is 2. The minimum Gasteiger partial charge on any atom is -0.244 e. The van der Waals surface area contributed by atoms with Crippen LogP contribution < -0.4 is 0 Å². The molecule has 0 aliphatic rings. The highest BCUT2D eigenvalue weighted by Crippen LogP contribution is 2.30. The maximum absolute atomic E-state index is 6.26. The highest BCUT2D eigenvalue weighted by atomic mass is 35.5. The lowest BCUT2D eigenvalue weighted by atomic mass is 10.0. The zero-order valence-electron chi connectivity index (χ0n) is 12.4. The van der Waals surface area contributed by atoms with E-state index in [0.29, 0.717) is 10.2 Å². The fourth-order valence-corrected chi connectivity index (χ4v) is 3.20. The lowest BCUT2D eigenvalue weighted by molar-refractivity contribution is 1.36. The molecule has 110 valence electrons. The minimum absolute atomic E-state index is 0.495. The fraction of sp³-hybridized carbons (Fsp3) is 0.105. The van der Waals surface area contributed by atoms with Crippen LogP contribution in [0.2, 0.25) is 10.2 Å². The van der Waals surface area contributed by atoms with E-state index >= 15 is 0 Å². The second kappa shape index (κ2) is 6.12. The summed E-state index contributed by atoms with van der Waals surface area (Å²) in [6.45, 7) is 4.19. The molecule has 3 rings (SSSR count). The van der Waals surface area contributed by atoms with Gasteiger partial charge in [-0.15, -0.1) is 0 Å². The molecule has 0 spiro atoms. The van der Waals surface area contributed by atoms with Crippen LogP contribution in [-0.2, 0) is 0 Å². The summed E-state index contributed by atoms with van der Waals surface area (Å²) in [5.41, 5.74) is 4.62. The molecule has 0 bridgehead atoms. The van der Waals surface area contributed by atoms with Crippen LogP contribution in [0.15, 0.2) is 42.6 Å².